The van der Waals surface area contributed by atoms with E-state index in [4.69, 9.17) is 16.3 Å². The Hall–Kier alpha value is -4.18. The van der Waals surface area contributed by atoms with Crippen LogP contribution in [0, 0.1) is 11.3 Å². The standard InChI is InChI=1S/C28H31ClN6O4/c1-5-7-18(8-6-2)30-26(37)28(3,4)27(38)31-19-11-12-21(20(29)15-19)39-24-14-13-23-32-22(16-35(23)34-24)33-25(36)17-9-10-17/h5,7-8,11-17H,6,9-10H2,1-4H3,(H,30,37)(H,31,38)(H,33,36)/b7-5-,18-8+. The summed E-state index contributed by atoms with van der Waals surface area (Å²) in [6.07, 6.45) is 9.62. The second kappa shape index (κ2) is 11.7. The molecule has 10 nitrogen and oxygen atoms in total. The minimum atomic E-state index is -1.35. The van der Waals surface area contributed by atoms with Crippen LogP contribution in [-0.4, -0.2) is 32.3 Å². The molecule has 204 valence electrons. The van der Waals surface area contributed by atoms with Crippen LogP contribution in [0.25, 0.3) is 5.65 Å². The van der Waals surface area contributed by atoms with Crippen LogP contribution in [0.4, 0.5) is 11.5 Å². The first-order valence-electron chi connectivity index (χ1n) is 12.7. The van der Waals surface area contributed by atoms with Crippen molar-refractivity contribution in [3.63, 3.8) is 0 Å². The minimum absolute atomic E-state index is 0.0374. The maximum Gasteiger partial charge on any atom is 0.239 e. The highest BCUT2D eigenvalue weighted by molar-refractivity contribution is 6.32. The fourth-order valence-electron chi connectivity index (χ4n) is 3.57. The molecule has 1 fully saturated rings. The van der Waals surface area contributed by atoms with Gasteiger partial charge in [0.2, 0.25) is 23.6 Å². The van der Waals surface area contributed by atoms with Crippen LogP contribution in [0.15, 0.2) is 60.5 Å². The number of ether oxygens (including phenoxy) is 1. The Balaban J connectivity index is 1.41. The summed E-state index contributed by atoms with van der Waals surface area (Å²) in [6, 6.07) is 8.10. The number of hydrogen-bond acceptors (Lipinski definition) is 6. The Kier molecular flexibility index (Phi) is 8.35. The zero-order valence-electron chi connectivity index (χ0n) is 22.2. The highest BCUT2D eigenvalue weighted by atomic mass is 35.5. The monoisotopic (exact) mass is 550 g/mol. The summed E-state index contributed by atoms with van der Waals surface area (Å²) in [6.45, 7) is 6.92. The normalized spacial score (nSPS) is 13.9. The fourth-order valence-corrected chi connectivity index (χ4v) is 3.78. The Bertz CT molecular complexity index is 1470. The third-order valence-electron chi connectivity index (χ3n) is 6.06. The molecule has 0 atom stereocenters. The highest BCUT2D eigenvalue weighted by Gasteiger charge is 2.36. The molecule has 2 aromatic heterocycles. The molecule has 3 N–H and O–H groups in total. The number of imidazole rings is 1. The van der Waals surface area contributed by atoms with Crippen molar-refractivity contribution in [3.8, 4) is 11.6 Å². The molecule has 2 heterocycles. The maximum absolute atomic E-state index is 13.0. The number of halogens is 1. The number of nitrogens with one attached hydrogen (secondary N) is 3. The van der Waals surface area contributed by atoms with Crippen molar-refractivity contribution in [1.29, 1.82) is 0 Å². The van der Waals surface area contributed by atoms with Gasteiger partial charge in [-0.15, -0.1) is 5.10 Å². The Morgan fingerprint density at radius 2 is 1.92 bits per heavy atom. The van der Waals surface area contributed by atoms with E-state index >= 15 is 0 Å². The lowest BCUT2D eigenvalue weighted by Gasteiger charge is -2.23. The van der Waals surface area contributed by atoms with E-state index in [0.29, 0.717) is 28.6 Å². The van der Waals surface area contributed by atoms with Gasteiger partial charge in [-0.1, -0.05) is 30.7 Å². The number of nitrogens with zero attached hydrogens (tertiary/aromatic N) is 3. The molecule has 39 heavy (non-hydrogen) atoms. The first-order valence-corrected chi connectivity index (χ1v) is 13.1. The molecule has 0 bridgehead atoms. The number of carbonyl (C=O) groups is 3. The SMILES string of the molecule is C/C=C\C(=C/CC)NC(=O)C(C)(C)C(=O)Nc1ccc(Oc2ccc3nc(NC(=O)C4CC4)cn3n2)c(Cl)c1. The van der Waals surface area contributed by atoms with E-state index in [1.807, 2.05) is 26.0 Å². The van der Waals surface area contributed by atoms with Crippen LogP contribution in [0.2, 0.25) is 5.02 Å². The minimum Gasteiger partial charge on any atom is -0.436 e. The molecule has 3 aromatic rings. The molecule has 1 aliphatic carbocycles. The van der Waals surface area contributed by atoms with Crippen molar-refractivity contribution in [2.24, 2.45) is 11.3 Å². The molecule has 1 aliphatic rings. The van der Waals surface area contributed by atoms with Crippen molar-refractivity contribution in [2.45, 2.75) is 47.0 Å². The molecule has 0 aliphatic heterocycles. The van der Waals surface area contributed by atoms with Crippen molar-refractivity contribution < 1.29 is 19.1 Å². The molecule has 0 radical (unpaired) electrons. The summed E-state index contributed by atoms with van der Waals surface area (Å²) in [5.41, 5.74) is 0.242. The number of fused-ring (bicyclic) bond motifs is 1. The number of aromatic nitrogens is 3. The van der Waals surface area contributed by atoms with E-state index in [1.165, 1.54) is 10.6 Å². The third-order valence-corrected chi connectivity index (χ3v) is 6.36. The molecule has 11 heteroatoms. The number of allylic oxidation sites excluding steroid dienone is 3. The highest BCUT2D eigenvalue weighted by Crippen LogP contribution is 2.32. The van der Waals surface area contributed by atoms with Crippen LogP contribution in [0.1, 0.15) is 47.0 Å². The number of hydrogen-bond donors (Lipinski definition) is 3. The van der Waals surface area contributed by atoms with Crippen LogP contribution in [0.5, 0.6) is 11.6 Å². The van der Waals surface area contributed by atoms with Crippen molar-refractivity contribution >= 4 is 46.5 Å². The van der Waals surface area contributed by atoms with Crippen LogP contribution < -0.4 is 20.7 Å². The van der Waals surface area contributed by atoms with Gasteiger partial charge in [0.1, 0.15) is 11.2 Å². The molecular formula is C28H31ClN6O4. The van der Waals surface area contributed by atoms with Gasteiger partial charge in [0, 0.05) is 23.4 Å². The molecule has 1 aromatic carbocycles. The molecule has 0 spiro atoms. The number of benzene rings is 1. The van der Waals surface area contributed by atoms with Crippen molar-refractivity contribution in [3.05, 3.63) is 65.5 Å². The lowest BCUT2D eigenvalue weighted by molar-refractivity contribution is -0.137. The third kappa shape index (κ3) is 6.83. The smallest absolute Gasteiger partial charge is 0.239 e. The Morgan fingerprint density at radius 3 is 2.59 bits per heavy atom. The van der Waals surface area contributed by atoms with Gasteiger partial charge in [-0.2, -0.15) is 0 Å². The molecule has 1 saturated carbocycles. The van der Waals surface area contributed by atoms with Crippen molar-refractivity contribution in [2.75, 3.05) is 10.6 Å². The molecule has 4 rings (SSSR count). The average molecular weight is 551 g/mol. The largest absolute Gasteiger partial charge is 0.436 e. The van der Waals surface area contributed by atoms with Crippen LogP contribution >= 0.6 is 11.6 Å². The van der Waals surface area contributed by atoms with E-state index in [1.54, 1.807) is 50.4 Å². The summed E-state index contributed by atoms with van der Waals surface area (Å²) >= 11 is 6.43. The quantitative estimate of drug-likeness (QED) is 0.227. The summed E-state index contributed by atoms with van der Waals surface area (Å²) in [7, 11) is 0. The molecular weight excluding hydrogens is 520 g/mol. The van der Waals surface area contributed by atoms with Gasteiger partial charge in [0.05, 0.1) is 11.2 Å². The number of amides is 3. The maximum atomic E-state index is 13.0. The second-order valence-electron chi connectivity index (χ2n) is 9.71. The predicted molar refractivity (Wildman–Crippen MR) is 150 cm³/mol. The average Bonchev–Trinajstić information content (AvgIpc) is 3.66. The van der Waals surface area contributed by atoms with E-state index in [0.717, 1.165) is 19.3 Å². The van der Waals surface area contributed by atoms with Crippen molar-refractivity contribution in [1.82, 2.24) is 19.9 Å². The molecule has 0 unspecified atom stereocenters. The number of rotatable bonds is 10. The second-order valence-corrected chi connectivity index (χ2v) is 10.1. The van der Waals surface area contributed by atoms with Gasteiger partial charge in [-0.25, -0.2) is 9.50 Å². The number of anilines is 2. The van der Waals surface area contributed by atoms with Gasteiger partial charge in [0.15, 0.2) is 11.5 Å². The molecule has 0 saturated heterocycles. The number of carbonyl (C=O) groups excluding carboxylic acids is 3. The lowest BCUT2D eigenvalue weighted by Crippen LogP contribution is -2.44. The summed E-state index contributed by atoms with van der Waals surface area (Å²) in [4.78, 5) is 42.1. The lowest BCUT2D eigenvalue weighted by atomic mass is 9.90. The Morgan fingerprint density at radius 1 is 1.15 bits per heavy atom. The van der Waals surface area contributed by atoms with E-state index in [2.05, 4.69) is 26.0 Å². The zero-order chi connectivity index (χ0) is 28.2. The van der Waals surface area contributed by atoms with Crippen LogP contribution in [0.3, 0.4) is 0 Å². The predicted octanol–water partition coefficient (Wildman–Crippen LogP) is 5.47. The van der Waals surface area contributed by atoms with E-state index in [-0.39, 0.29) is 22.7 Å². The van der Waals surface area contributed by atoms with Gasteiger partial charge in [-0.3, -0.25) is 14.4 Å². The van der Waals surface area contributed by atoms with Gasteiger partial charge >= 0.3 is 0 Å². The summed E-state index contributed by atoms with van der Waals surface area (Å²) in [5, 5.41) is 12.9. The van der Waals surface area contributed by atoms with E-state index < -0.39 is 17.2 Å². The van der Waals surface area contributed by atoms with Gasteiger partial charge in [0.25, 0.3) is 0 Å². The molecule has 3 amide bonds. The summed E-state index contributed by atoms with van der Waals surface area (Å²) in [5.74, 6) is 0.113. The van der Waals surface area contributed by atoms with Gasteiger partial charge < -0.3 is 20.7 Å². The van der Waals surface area contributed by atoms with Gasteiger partial charge in [-0.05, 0) is 70.4 Å². The topological polar surface area (TPSA) is 127 Å². The zero-order valence-corrected chi connectivity index (χ0v) is 23.0. The summed E-state index contributed by atoms with van der Waals surface area (Å²) < 4.78 is 7.35. The first-order chi connectivity index (χ1) is 18.6. The van der Waals surface area contributed by atoms with E-state index in [9.17, 15) is 14.4 Å². The first kappa shape index (κ1) is 27.8. The fraction of sp³-hybridized carbons (Fsp3) is 0.321. The Labute approximate surface area is 231 Å². The van der Waals surface area contributed by atoms with Crippen LogP contribution in [-0.2, 0) is 14.4 Å².